The average molecular weight is 238 g/mol. The largest absolute Gasteiger partial charge is 0.394 e. The van der Waals surface area contributed by atoms with Crippen LogP contribution in [0.25, 0.3) is 0 Å². The highest BCUT2D eigenvalue weighted by molar-refractivity contribution is 5.41. The summed E-state index contributed by atoms with van der Waals surface area (Å²) in [7, 11) is 0. The molecular formula is C12H18N2O3. The molecule has 0 saturated carbocycles. The number of aromatic nitrogens is 1. The zero-order valence-corrected chi connectivity index (χ0v) is 9.91. The Labute approximate surface area is 101 Å². The van der Waals surface area contributed by atoms with Crippen LogP contribution >= 0.6 is 0 Å². The van der Waals surface area contributed by atoms with Crippen LogP contribution in [0.4, 0.5) is 5.82 Å². The first-order valence-electron chi connectivity index (χ1n) is 5.81. The van der Waals surface area contributed by atoms with Crippen LogP contribution in [-0.4, -0.2) is 47.6 Å². The topological polar surface area (TPSA) is 65.8 Å². The molecule has 2 heterocycles. The lowest BCUT2D eigenvalue weighted by Crippen LogP contribution is -2.48. The van der Waals surface area contributed by atoms with Crippen molar-refractivity contribution in [1.29, 1.82) is 0 Å². The fraction of sp³-hybridized carbons (Fsp3) is 0.583. The summed E-state index contributed by atoms with van der Waals surface area (Å²) >= 11 is 0. The molecule has 0 amide bonds. The fourth-order valence-corrected chi connectivity index (χ4v) is 1.92. The molecule has 17 heavy (non-hydrogen) atoms. The predicted molar refractivity (Wildman–Crippen MR) is 63.9 cm³/mol. The lowest BCUT2D eigenvalue weighted by atomic mass is 10.2. The minimum absolute atomic E-state index is 0.0337. The maximum atomic E-state index is 9.41. The molecule has 1 fully saturated rings. The molecule has 0 aromatic carbocycles. The Hall–Kier alpha value is -1.17. The van der Waals surface area contributed by atoms with Crippen molar-refractivity contribution in [2.45, 2.75) is 19.1 Å². The molecular weight excluding hydrogens is 220 g/mol. The molecule has 94 valence electrons. The highest BCUT2D eigenvalue weighted by Crippen LogP contribution is 2.19. The number of ether oxygens (including phenoxy) is 1. The van der Waals surface area contributed by atoms with Crippen molar-refractivity contribution in [3.8, 4) is 0 Å². The lowest BCUT2D eigenvalue weighted by Gasteiger charge is -2.35. The third-order valence-corrected chi connectivity index (χ3v) is 2.99. The maximum Gasteiger partial charge on any atom is 0.128 e. The summed E-state index contributed by atoms with van der Waals surface area (Å²) in [5.41, 5.74) is 0.794. The molecule has 5 heteroatoms. The van der Waals surface area contributed by atoms with Crippen molar-refractivity contribution < 1.29 is 14.9 Å². The van der Waals surface area contributed by atoms with Gasteiger partial charge in [0.2, 0.25) is 0 Å². The van der Waals surface area contributed by atoms with Crippen LogP contribution in [0.2, 0.25) is 0 Å². The number of hydrogen-bond acceptors (Lipinski definition) is 5. The number of pyridine rings is 1. The molecule has 2 N–H and O–H groups in total. The van der Waals surface area contributed by atoms with Crippen molar-refractivity contribution in [2.75, 3.05) is 31.3 Å². The van der Waals surface area contributed by atoms with E-state index in [4.69, 9.17) is 4.74 Å². The van der Waals surface area contributed by atoms with Gasteiger partial charge in [0, 0.05) is 12.7 Å². The standard InChI is InChI=1S/C12H18N2O3/c1-9(16)10-2-3-12(13-6-10)14-4-5-17-8-11(14)7-15/h2-3,6,9,11,15-16H,4-5,7-8H2,1H3/t9-,11?/m0/s1. The predicted octanol–water partition coefficient (Wildman–Crippen LogP) is 0.332. The first-order chi connectivity index (χ1) is 8.22. The molecule has 2 rings (SSSR count). The fourth-order valence-electron chi connectivity index (χ4n) is 1.92. The van der Waals surface area contributed by atoms with Crippen LogP contribution in [-0.2, 0) is 4.74 Å². The van der Waals surface area contributed by atoms with Gasteiger partial charge in [0.05, 0.1) is 32.0 Å². The van der Waals surface area contributed by atoms with E-state index in [0.717, 1.165) is 17.9 Å². The summed E-state index contributed by atoms with van der Waals surface area (Å²) in [4.78, 5) is 6.36. The van der Waals surface area contributed by atoms with Crippen molar-refractivity contribution in [3.63, 3.8) is 0 Å². The van der Waals surface area contributed by atoms with Gasteiger partial charge in [0.15, 0.2) is 0 Å². The Morgan fingerprint density at radius 1 is 1.59 bits per heavy atom. The Bertz CT molecular complexity index is 353. The van der Waals surface area contributed by atoms with Crippen LogP contribution < -0.4 is 4.90 Å². The Morgan fingerprint density at radius 3 is 3.00 bits per heavy atom. The third kappa shape index (κ3) is 2.74. The second kappa shape index (κ2) is 5.44. The third-order valence-electron chi connectivity index (χ3n) is 2.99. The van der Waals surface area contributed by atoms with E-state index in [0.29, 0.717) is 13.2 Å². The highest BCUT2D eigenvalue weighted by atomic mass is 16.5. The van der Waals surface area contributed by atoms with Gasteiger partial charge in [0.25, 0.3) is 0 Å². The van der Waals surface area contributed by atoms with Crippen molar-refractivity contribution >= 4 is 5.82 Å². The SMILES string of the molecule is C[C@H](O)c1ccc(N2CCOCC2CO)nc1. The average Bonchev–Trinajstić information content (AvgIpc) is 2.39. The minimum Gasteiger partial charge on any atom is -0.394 e. The second-order valence-electron chi connectivity index (χ2n) is 4.23. The zero-order valence-electron chi connectivity index (χ0n) is 9.91. The number of morpholine rings is 1. The zero-order chi connectivity index (χ0) is 12.3. The Kier molecular flexibility index (Phi) is 3.93. The molecule has 1 aliphatic heterocycles. The number of nitrogens with zero attached hydrogens (tertiary/aromatic N) is 2. The smallest absolute Gasteiger partial charge is 0.128 e. The molecule has 1 saturated heterocycles. The number of anilines is 1. The van der Waals surface area contributed by atoms with Crippen molar-refractivity contribution in [1.82, 2.24) is 4.98 Å². The summed E-state index contributed by atoms with van der Waals surface area (Å²) in [6.45, 7) is 3.67. The van der Waals surface area contributed by atoms with Crippen molar-refractivity contribution in [3.05, 3.63) is 23.9 Å². The monoisotopic (exact) mass is 238 g/mol. The number of aliphatic hydroxyl groups is 2. The molecule has 1 unspecified atom stereocenters. The van der Waals surface area contributed by atoms with Gasteiger partial charge in [-0.2, -0.15) is 0 Å². The van der Waals surface area contributed by atoms with E-state index in [1.807, 2.05) is 17.0 Å². The van der Waals surface area contributed by atoms with Crippen LogP contribution in [0, 0.1) is 0 Å². The van der Waals surface area contributed by atoms with Gasteiger partial charge >= 0.3 is 0 Å². The summed E-state index contributed by atoms with van der Waals surface area (Å²) < 4.78 is 5.32. The molecule has 1 aromatic heterocycles. The van der Waals surface area contributed by atoms with E-state index >= 15 is 0 Å². The van der Waals surface area contributed by atoms with Gasteiger partial charge in [0.1, 0.15) is 5.82 Å². The minimum atomic E-state index is -0.505. The number of hydrogen-bond donors (Lipinski definition) is 2. The van der Waals surface area contributed by atoms with E-state index in [-0.39, 0.29) is 12.6 Å². The summed E-state index contributed by atoms with van der Waals surface area (Å²) in [6.07, 6.45) is 1.17. The highest BCUT2D eigenvalue weighted by Gasteiger charge is 2.23. The summed E-state index contributed by atoms with van der Waals surface area (Å²) in [5, 5.41) is 18.7. The van der Waals surface area contributed by atoms with Gasteiger partial charge < -0.3 is 19.8 Å². The molecule has 1 aromatic rings. The van der Waals surface area contributed by atoms with Crippen molar-refractivity contribution in [2.24, 2.45) is 0 Å². The maximum absolute atomic E-state index is 9.41. The molecule has 0 aliphatic carbocycles. The summed E-state index contributed by atoms with van der Waals surface area (Å²) in [6, 6.07) is 3.70. The van der Waals surface area contributed by atoms with Gasteiger partial charge in [-0.1, -0.05) is 6.07 Å². The van der Waals surface area contributed by atoms with E-state index < -0.39 is 6.10 Å². The van der Waals surface area contributed by atoms with Crippen LogP contribution in [0.1, 0.15) is 18.6 Å². The molecule has 0 bridgehead atoms. The first-order valence-corrected chi connectivity index (χ1v) is 5.81. The molecule has 2 atom stereocenters. The normalized spacial score (nSPS) is 22.5. The van der Waals surface area contributed by atoms with Gasteiger partial charge in [-0.25, -0.2) is 4.98 Å². The van der Waals surface area contributed by atoms with E-state index in [9.17, 15) is 10.2 Å². The van der Waals surface area contributed by atoms with Crippen LogP contribution in [0.3, 0.4) is 0 Å². The molecule has 5 nitrogen and oxygen atoms in total. The van der Waals surface area contributed by atoms with Crippen LogP contribution in [0.15, 0.2) is 18.3 Å². The Morgan fingerprint density at radius 2 is 2.41 bits per heavy atom. The molecule has 0 radical (unpaired) electrons. The lowest BCUT2D eigenvalue weighted by molar-refractivity contribution is 0.0722. The quantitative estimate of drug-likeness (QED) is 0.794. The van der Waals surface area contributed by atoms with E-state index in [2.05, 4.69) is 4.98 Å². The second-order valence-corrected chi connectivity index (χ2v) is 4.23. The Balaban J connectivity index is 2.15. The van der Waals surface area contributed by atoms with E-state index in [1.54, 1.807) is 13.1 Å². The van der Waals surface area contributed by atoms with Gasteiger partial charge in [-0.15, -0.1) is 0 Å². The van der Waals surface area contributed by atoms with Crippen LogP contribution in [0.5, 0.6) is 0 Å². The van der Waals surface area contributed by atoms with Gasteiger partial charge in [-0.3, -0.25) is 0 Å². The first kappa shape index (κ1) is 12.3. The number of rotatable bonds is 3. The summed E-state index contributed by atoms with van der Waals surface area (Å²) in [5.74, 6) is 0.816. The number of aliphatic hydroxyl groups excluding tert-OH is 2. The molecule has 1 aliphatic rings. The molecule has 0 spiro atoms. The van der Waals surface area contributed by atoms with Gasteiger partial charge in [-0.05, 0) is 18.6 Å². The van der Waals surface area contributed by atoms with E-state index in [1.165, 1.54) is 0 Å².